The third kappa shape index (κ3) is 3.08. The van der Waals surface area contributed by atoms with E-state index < -0.39 is 0 Å². The standard InChI is InChI=1S/C26H22N6/c27-26(12-3-13-26)20-6-8-21(9-7-20)32-24(19-5-2-15-29-17-19)31-23-11-10-22(30-25(23)32)18-4-1-14-28-16-18/h1-2,4-11,14-17H,3,12-13,27H2. The first-order valence-corrected chi connectivity index (χ1v) is 10.8. The van der Waals surface area contributed by atoms with E-state index in [-0.39, 0.29) is 5.54 Å². The number of hydrogen-bond acceptors (Lipinski definition) is 5. The fourth-order valence-electron chi connectivity index (χ4n) is 4.35. The summed E-state index contributed by atoms with van der Waals surface area (Å²) in [6, 6.07) is 20.4. The molecule has 0 unspecified atom stereocenters. The fraction of sp³-hybridized carbons (Fsp3) is 0.154. The summed E-state index contributed by atoms with van der Waals surface area (Å²) in [6.07, 6.45) is 10.5. The third-order valence-corrected chi connectivity index (χ3v) is 6.33. The van der Waals surface area contributed by atoms with Gasteiger partial charge in [-0.2, -0.15) is 0 Å². The molecule has 1 fully saturated rings. The Balaban J connectivity index is 1.55. The zero-order chi connectivity index (χ0) is 21.5. The lowest BCUT2D eigenvalue weighted by molar-refractivity contribution is 0.253. The molecule has 4 aromatic heterocycles. The van der Waals surface area contributed by atoms with Gasteiger partial charge in [0.05, 0.1) is 5.69 Å². The van der Waals surface area contributed by atoms with Gasteiger partial charge in [-0.15, -0.1) is 0 Å². The molecule has 156 valence electrons. The lowest BCUT2D eigenvalue weighted by Gasteiger charge is -2.38. The lowest BCUT2D eigenvalue weighted by Crippen LogP contribution is -2.43. The van der Waals surface area contributed by atoms with Gasteiger partial charge in [-0.25, -0.2) is 9.97 Å². The van der Waals surface area contributed by atoms with Crippen LogP contribution in [0.4, 0.5) is 0 Å². The monoisotopic (exact) mass is 418 g/mol. The molecular weight excluding hydrogens is 396 g/mol. The summed E-state index contributed by atoms with van der Waals surface area (Å²) >= 11 is 0. The van der Waals surface area contributed by atoms with E-state index in [1.165, 1.54) is 12.0 Å². The average Bonchev–Trinajstić information content (AvgIpc) is 3.22. The van der Waals surface area contributed by atoms with E-state index in [0.29, 0.717) is 0 Å². The van der Waals surface area contributed by atoms with Crippen LogP contribution in [0.5, 0.6) is 0 Å². The number of benzene rings is 1. The number of nitrogens with two attached hydrogens (primary N) is 1. The highest BCUT2D eigenvalue weighted by molar-refractivity contribution is 5.82. The average molecular weight is 419 g/mol. The van der Waals surface area contributed by atoms with Crippen molar-refractivity contribution in [3.8, 4) is 28.3 Å². The Morgan fingerprint density at radius 2 is 1.50 bits per heavy atom. The Hall–Kier alpha value is -3.90. The SMILES string of the molecule is NC1(c2ccc(-n3c(-c4cccnc4)nc4ccc(-c5cccnc5)nc43)cc2)CCC1. The van der Waals surface area contributed by atoms with Crippen LogP contribution < -0.4 is 5.73 Å². The maximum Gasteiger partial charge on any atom is 0.165 e. The highest BCUT2D eigenvalue weighted by Crippen LogP contribution is 2.39. The first kappa shape index (κ1) is 18.8. The maximum absolute atomic E-state index is 6.54. The van der Waals surface area contributed by atoms with E-state index in [1.54, 1.807) is 12.4 Å². The van der Waals surface area contributed by atoms with Gasteiger partial charge < -0.3 is 5.73 Å². The van der Waals surface area contributed by atoms with Gasteiger partial charge in [-0.1, -0.05) is 12.1 Å². The number of hydrogen-bond donors (Lipinski definition) is 1. The molecule has 6 rings (SSSR count). The van der Waals surface area contributed by atoms with E-state index in [4.69, 9.17) is 15.7 Å². The molecule has 0 bridgehead atoms. The van der Waals surface area contributed by atoms with Crippen molar-refractivity contribution < 1.29 is 0 Å². The molecule has 0 spiro atoms. The molecule has 6 heteroatoms. The van der Waals surface area contributed by atoms with Gasteiger partial charge >= 0.3 is 0 Å². The first-order valence-electron chi connectivity index (χ1n) is 10.8. The largest absolute Gasteiger partial charge is 0.321 e. The van der Waals surface area contributed by atoms with Crippen molar-refractivity contribution in [3.05, 3.63) is 91.0 Å². The molecule has 4 heterocycles. The third-order valence-electron chi connectivity index (χ3n) is 6.33. The zero-order valence-corrected chi connectivity index (χ0v) is 17.5. The lowest BCUT2D eigenvalue weighted by atomic mass is 9.73. The van der Waals surface area contributed by atoms with Gasteiger partial charge in [0.1, 0.15) is 11.3 Å². The number of pyridine rings is 3. The molecule has 6 nitrogen and oxygen atoms in total. The molecule has 0 saturated heterocycles. The van der Waals surface area contributed by atoms with Gasteiger partial charge in [0.25, 0.3) is 0 Å². The van der Waals surface area contributed by atoms with E-state index in [1.807, 2.05) is 48.8 Å². The second-order valence-electron chi connectivity index (χ2n) is 8.35. The normalized spacial score (nSPS) is 14.9. The van der Waals surface area contributed by atoms with Crippen molar-refractivity contribution in [2.24, 2.45) is 5.73 Å². The van der Waals surface area contributed by atoms with Crippen LogP contribution in [0, 0.1) is 0 Å². The smallest absolute Gasteiger partial charge is 0.165 e. The summed E-state index contributed by atoms with van der Waals surface area (Å²) in [5.74, 6) is 0.808. The summed E-state index contributed by atoms with van der Waals surface area (Å²) in [5.41, 5.74) is 12.9. The second kappa shape index (κ2) is 7.35. The van der Waals surface area contributed by atoms with Crippen LogP contribution in [0.3, 0.4) is 0 Å². The van der Waals surface area contributed by atoms with Gasteiger partial charge in [0, 0.05) is 47.1 Å². The predicted octanol–water partition coefficient (Wildman–Crippen LogP) is 4.88. The Labute approximate surface area is 185 Å². The minimum Gasteiger partial charge on any atom is -0.321 e. The molecule has 1 aromatic carbocycles. The number of nitrogens with zero attached hydrogens (tertiary/aromatic N) is 5. The Kier molecular flexibility index (Phi) is 4.33. The van der Waals surface area contributed by atoms with Gasteiger partial charge in [-0.05, 0) is 73.4 Å². The minimum absolute atomic E-state index is 0.187. The molecule has 1 aliphatic rings. The van der Waals surface area contributed by atoms with Crippen LogP contribution in [0.1, 0.15) is 24.8 Å². The molecule has 0 amide bonds. The van der Waals surface area contributed by atoms with Crippen LogP contribution >= 0.6 is 0 Å². The second-order valence-corrected chi connectivity index (χ2v) is 8.35. The van der Waals surface area contributed by atoms with Crippen LogP contribution in [-0.2, 0) is 5.54 Å². The van der Waals surface area contributed by atoms with E-state index in [9.17, 15) is 0 Å². The number of aromatic nitrogens is 5. The summed E-state index contributed by atoms with van der Waals surface area (Å²) in [5, 5.41) is 0. The summed E-state index contributed by atoms with van der Waals surface area (Å²) in [6.45, 7) is 0. The van der Waals surface area contributed by atoms with E-state index in [2.05, 4.69) is 38.8 Å². The van der Waals surface area contributed by atoms with Crippen LogP contribution in [0.15, 0.2) is 85.5 Å². The van der Waals surface area contributed by atoms with Crippen molar-refractivity contribution in [1.29, 1.82) is 0 Å². The van der Waals surface area contributed by atoms with Gasteiger partial charge in [0.15, 0.2) is 5.65 Å². The molecule has 1 saturated carbocycles. The molecule has 32 heavy (non-hydrogen) atoms. The molecule has 1 aliphatic carbocycles. The highest BCUT2D eigenvalue weighted by atomic mass is 15.1. The minimum atomic E-state index is -0.187. The predicted molar refractivity (Wildman–Crippen MR) is 125 cm³/mol. The summed E-state index contributed by atoms with van der Waals surface area (Å²) < 4.78 is 2.10. The number of rotatable bonds is 4. The van der Waals surface area contributed by atoms with Crippen molar-refractivity contribution >= 4 is 11.2 Å². The van der Waals surface area contributed by atoms with E-state index >= 15 is 0 Å². The molecule has 0 aliphatic heterocycles. The van der Waals surface area contributed by atoms with Gasteiger partial charge in [-0.3, -0.25) is 14.5 Å². The molecule has 0 radical (unpaired) electrons. The molecular formula is C26H22N6. The van der Waals surface area contributed by atoms with Crippen molar-refractivity contribution in [2.45, 2.75) is 24.8 Å². The van der Waals surface area contributed by atoms with Crippen molar-refractivity contribution in [1.82, 2.24) is 24.5 Å². The highest BCUT2D eigenvalue weighted by Gasteiger charge is 2.34. The molecule has 5 aromatic rings. The van der Waals surface area contributed by atoms with Crippen LogP contribution in [-0.4, -0.2) is 24.5 Å². The Morgan fingerprint density at radius 1 is 0.781 bits per heavy atom. The van der Waals surface area contributed by atoms with Crippen LogP contribution in [0.25, 0.3) is 39.5 Å². The number of fused-ring (bicyclic) bond motifs is 1. The van der Waals surface area contributed by atoms with Crippen molar-refractivity contribution in [2.75, 3.05) is 0 Å². The molecule has 2 N–H and O–H groups in total. The summed E-state index contributed by atoms with van der Waals surface area (Å²) in [4.78, 5) is 18.4. The molecule has 0 atom stereocenters. The Bertz CT molecular complexity index is 1390. The maximum atomic E-state index is 6.54. The van der Waals surface area contributed by atoms with Gasteiger partial charge in [0.2, 0.25) is 0 Å². The quantitative estimate of drug-likeness (QED) is 0.450. The van der Waals surface area contributed by atoms with Crippen molar-refractivity contribution in [3.63, 3.8) is 0 Å². The van der Waals surface area contributed by atoms with Crippen LogP contribution in [0.2, 0.25) is 0 Å². The Morgan fingerprint density at radius 3 is 2.12 bits per heavy atom. The van der Waals surface area contributed by atoms with E-state index in [0.717, 1.165) is 52.3 Å². The fourth-order valence-corrected chi connectivity index (χ4v) is 4.35. The number of imidazole rings is 1. The first-order chi connectivity index (χ1) is 15.7. The topological polar surface area (TPSA) is 82.5 Å². The zero-order valence-electron chi connectivity index (χ0n) is 17.5. The summed E-state index contributed by atoms with van der Waals surface area (Å²) in [7, 11) is 0.